The van der Waals surface area contributed by atoms with E-state index in [2.05, 4.69) is 54.2 Å². The summed E-state index contributed by atoms with van der Waals surface area (Å²) in [6.07, 6.45) is -3.53. The molecule has 0 N–H and O–H groups in total. The molecular weight excluding hydrogens is 1050 g/mol. The number of aromatic nitrogens is 5. The first-order valence-electron chi connectivity index (χ1n) is 22.2. The molecule has 4 aromatic heterocycles. The van der Waals surface area contributed by atoms with Crippen molar-refractivity contribution in [1.82, 2.24) is 25.1 Å². The summed E-state index contributed by atoms with van der Waals surface area (Å²) in [6.45, 7) is 12.2. The van der Waals surface area contributed by atoms with Crippen molar-refractivity contribution in [3.05, 3.63) is 216 Å². The molecule has 0 atom stereocenters. The van der Waals surface area contributed by atoms with Crippen molar-refractivity contribution in [3.63, 3.8) is 0 Å². The van der Waals surface area contributed by atoms with Crippen LogP contribution in [0.3, 0.4) is 0 Å². The maximum atomic E-state index is 15.8. The largest absolute Gasteiger partial charge is 2.00 e. The monoisotopic (exact) mass is 1100 g/mol. The summed E-state index contributed by atoms with van der Waals surface area (Å²) in [5, 5.41) is 8.42. The molecule has 0 fully saturated rings. The SMILES string of the molecule is Cc1ccc(N(c2ccccc2)c2cc(-c3[c-]ccnc3F)nc(C(C)(C)c3cc(N(c4ccccc4)c4ccc(C(C)(C)C)cc4)cc(-c4[n-]nc(-c5ccccc5)c4C(F)(F)F)n3)c2)cc1.[Pt+2]. The van der Waals surface area contributed by atoms with Crippen molar-refractivity contribution in [1.29, 1.82) is 0 Å². The van der Waals surface area contributed by atoms with E-state index < -0.39 is 28.8 Å². The molecule has 0 aliphatic carbocycles. The van der Waals surface area contributed by atoms with Crippen LogP contribution in [0.15, 0.2) is 176 Å². The van der Waals surface area contributed by atoms with Crippen LogP contribution in [0, 0.1) is 18.9 Å². The molecule has 69 heavy (non-hydrogen) atoms. The van der Waals surface area contributed by atoms with Gasteiger partial charge in [-0.1, -0.05) is 141 Å². The van der Waals surface area contributed by atoms with Gasteiger partial charge in [-0.05, 0) is 110 Å². The molecule has 9 rings (SSSR count). The Morgan fingerprint density at radius 3 is 1.55 bits per heavy atom. The van der Waals surface area contributed by atoms with Crippen LogP contribution in [0.1, 0.15) is 62.7 Å². The molecule has 0 aliphatic heterocycles. The number of aryl methyl sites for hydroxylation is 1. The Kier molecular flexibility index (Phi) is 13.6. The number of pyridine rings is 3. The van der Waals surface area contributed by atoms with Gasteiger partial charge in [0.2, 0.25) is 0 Å². The second-order valence-corrected chi connectivity index (χ2v) is 18.2. The van der Waals surface area contributed by atoms with E-state index in [1.54, 1.807) is 42.5 Å². The van der Waals surface area contributed by atoms with Gasteiger partial charge >= 0.3 is 27.2 Å². The molecule has 0 amide bonds. The summed E-state index contributed by atoms with van der Waals surface area (Å²) in [5.41, 5.74) is 4.81. The number of rotatable bonds is 11. The average Bonchev–Trinajstić information content (AvgIpc) is 3.80. The predicted octanol–water partition coefficient (Wildman–Crippen LogP) is 15.1. The minimum Gasteiger partial charge on any atom is -0.573 e. The second kappa shape index (κ2) is 19.4. The number of hydrogen-bond donors (Lipinski definition) is 0. The van der Waals surface area contributed by atoms with Crippen molar-refractivity contribution >= 4 is 34.1 Å². The summed E-state index contributed by atoms with van der Waals surface area (Å²) in [4.78, 5) is 18.2. The molecule has 4 heterocycles. The molecular formula is C57H47F4N7Pt. The molecule has 5 aromatic carbocycles. The average molecular weight is 1100 g/mol. The van der Waals surface area contributed by atoms with Crippen LogP contribution in [-0.4, -0.2) is 20.1 Å². The third-order valence-electron chi connectivity index (χ3n) is 12.0. The van der Waals surface area contributed by atoms with E-state index in [-0.39, 0.29) is 54.7 Å². The topological polar surface area (TPSA) is 72.1 Å². The smallest absolute Gasteiger partial charge is 0.573 e. The summed E-state index contributed by atoms with van der Waals surface area (Å²) in [5.74, 6) is -0.760. The number of para-hydroxylation sites is 2. The zero-order valence-corrected chi connectivity index (χ0v) is 41.0. The Labute approximate surface area is 414 Å². The standard InChI is InChI=1S/C57H47F4N7.Pt/c1-37-24-28-42(29-25-37)67(40-19-12-8-13-20-40)44-33-47(46-23-16-32-62-54(46)58)63-49(35-44)56(5,6)50-36-45(68(41-21-14-9-15-22-41)43-30-26-39(27-31-43)55(2,3)4)34-48(64-50)53-51(57(59,60)61)52(65-66-53)38-17-10-7-11-18-38;/h7-22,24-36H,1-6H3;/q-2;+2. The minimum atomic E-state index is -4.86. The van der Waals surface area contributed by atoms with Gasteiger partial charge in [0.1, 0.15) is 5.95 Å². The van der Waals surface area contributed by atoms with Crippen molar-refractivity contribution in [2.75, 3.05) is 9.80 Å². The van der Waals surface area contributed by atoms with E-state index in [4.69, 9.17) is 9.97 Å². The predicted molar refractivity (Wildman–Crippen MR) is 262 cm³/mol. The molecule has 0 saturated carbocycles. The number of anilines is 6. The van der Waals surface area contributed by atoms with Gasteiger partial charge in [0.25, 0.3) is 0 Å². The quantitative estimate of drug-likeness (QED) is 0.0726. The van der Waals surface area contributed by atoms with Crippen LogP contribution in [0.4, 0.5) is 51.7 Å². The Morgan fingerprint density at radius 1 is 0.565 bits per heavy atom. The fourth-order valence-corrected chi connectivity index (χ4v) is 8.25. The van der Waals surface area contributed by atoms with E-state index in [0.717, 1.165) is 33.9 Å². The van der Waals surface area contributed by atoms with Crippen molar-refractivity contribution in [2.24, 2.45) is 0 Å². The van der Waals surface area contributed by atoms with Gasteiger partial charge in [0.15, 0.2) is 0 Å². The molecule has 0 radical (unpaired) electrons. The molecule has 7 nitrogen and oxygen atoms in total. The van der Waals surface area contributed by atoms with Gasteiger partial charge in [-0.3, -0.25) is 4.98 Å². The normalized spacial score (nSPS) is 11.8. The molecule has 0 spiro atoms. The number of nitrogens with zero attached hydrogens (tertiary/aromatic N) is 7. The number of hydrogen-bond acceptors (Lipinski definition) is 6. The molecule has 12 heteroatoms. The van der Waals surface area contributed by atoms with E-state index in [1.807, 2.05) is 140 Å². The second-order valence-electron chi connectivity index (χ2n) is 18.2. The number of benzene rings is 5. The summed E-state index contributed by atoms with van der Waals surface area (Å²) < 4.78 is 62.4. The van der Waals surface area contributed by atoms with Gasteiger partial charge in [0.05, 0.1) is 28.3 Å². The molecule has 0 saturated heterocycles. The van der Waals surface area contributed by atoms with E-state index >= 15 is 17.6 Å². The molecule has 9 aromatic rings. The molecule has 0 aliphatic rings. The maximum Gasteiger partial charge on any atom is 2.00 e. The van der Waals surface area contributed by atoms with Gasteiger partial charge < -0.3 is 30.0 Å². The summed E-state index contributed by atoms with van der Waals surface area (Å²) in [7, 11) is 0. The fourth-order valence-electron chi connectivity index (χ4n) is 8.25. The number of alkyl halides is 3. The third-order valence-corrected chi connectivity index (χ3v) is 12.0. The summed E-state index contributed by atoms with van der Waals surface area (Å²) >= 11 is 0. The van der Waals surface area contributed by atoms with Crippen molar-refractivity contribution in [3.8, 4) is 33.9 Å². The molecule has 0 unspecified atom stereocenters. The molecule has 0 bridgehead atoms. The van der Waals surface area contributed by atoms with Crippen LogP contribution in [0.2, 0.25) is 0 Å². The van der Waals surface area contributed by atoms with Crippen LogP contribution in [-0.2, 0) is 38.1 Å². The Balaban J connectivity index is 0.00000642. The first-order valence-corrected chi connectivity index (χ1v) is 22.2. The maximum absolute atomic E-state index is 15.8. The van der Waals surface area contributed by atoms with Gasteiger partial charge in [-0.15, -0.1) is 12.1 Å². The zero-order chi connectivity index (χ0) is 47.8. The van der Waals surface area contributed by atoms with E-state index in [1.165, 1.54) is 12.3 Å². The van der Waals surface area contributed by atoms with Crippen molar-refractivity contribution in [2.45, 2.75) is 58.5 Å². The number of halogens is 4. The zero-order valence-electron chi connectivity index (χ0n) is 38.7. The first kappa shape index (κ1) is 48.2. The van der Waals surface area contributed by atoms with Crippen LogP contribution in [0.25, 0.3) is 33.9 Å². The van der Waals surface area contributed by atoms with Gasteiger partial charge in [0, 0.05) is 39.5 Å². The van der Waals surface area contributed by atoms with Gasteiger partial charge in [-0.25, -0.2) is 4.39 Å². The van der Waals surface area contributed by atoms with Crippen LogP contribution < -0.4 is 14.9 Å². The van der Waals surface area contributed by atoms with Gasteiger partial charge in [-0.2, -0.15) is 13.2 Å². The summed E-state index contributed by atoms with van der Waals surface area (Å²) in [6, 6.07) is 55.5. The van der Waals surface area contributed by atoms with E-state index in [0.29, 0.717) is 22.8 Å². The minimum absolute atomic E-state index is 0. The fraction of sp³-hybridized carbons (Fsp3) is 0.158. The Morgan fingerprint density at radius 2 is 1.04 bits per heavy atom. The molecule has 348 valence electrons. The van der Waals surface area contributed by atoms with E-state index in [9.17, 15) is 0 Å². The Bertz CT molecular complexity index is 3190. The van der Waals surface area contributed by atoms with Crippen LogP contribution >= 0.6 is 0 Å². The van der Waals surface area contributed by atoms with Crippen LogP contribution in [0.5, 0.6) is 0 Å². The van der Waals surface area contributed by atoms with Crippen molar-refractivity contribution < 1.29 is 38.6 Å². The first-order chi connectivity index (χ1) is 32.6. The third kappa shape index (κ3) is 10.0. The Hall–Kier alpha value is -7.23.